The summed E-state index contributed by atoms with van der Waals surface area (Å²) >= 11 is 0. The number of aliphatic hydroxyl groups is 3. The molecule has 0 aliphatic carbocycles. The number of imidazole rings is 1. The van der Waals surface area contributed by atoms with Gasteiger partial charge in [-0.25, -0.2) is 15.0 Å². The summed E-state index contributed by atoms with van der Waals surface area (Å²) in [7, 11) is -2.12. The van der Waals surface area contributed by atoms with Crippen molar-refractivity contribution >= 4 is 19.5 Å². The van der Waals surface area contributed by atoms with Crippen molar-refractivity contribution in [3.8, 4) is 5.88 Å². The van der Waals surface area contributed by atoms with Gasteiger partial charge in [0.25, 0.3) is 8.32 Å². The highest BCUT2D eigenvalue weighted by atomic mass is 28.4. The van der Waals surface area contributed by atoms with E-state index < -0.39 is 39.5 Å². The summed E-state index contributed by atoms with van der Waals surface area (Å²) in [4.78, 5) is 12.8. The van der Waals surface area contributed by atoms with Crippen LogP contribution in [0.2, 0.25) is 18.1 Å². The number of hydrogen-bond acceptors (Lipinski definition) is 8. The van der Waals surface area contributed by atoms with Crippen LogP contribution < -0.4 is 4.43 Å². The fraction of sp³-hybridized carbons (Fsp3) is 0.688. The van der Waals surface area contributed by atoms with Gasteiger partial charge in [0.15, 0.2) is 17.4 Å². The van der Waals surface area contributed by atoms with Crippen molar-refractivity contribution in [3.05, 3.63) is 12.7 Å². The molecule has 3 rings (SSSR count). The first kappa shape index (κ1) is 19.2. The molecule has 4 atom stereocenters. The molecular weight excluding hydrogens is 356 g/mol. The summed E-state index contributed by atoms with van der Waals surface area (Å²) in [5.74, 6) is 0.395. The molecule has 2 aromatic heterocycles. The second-order valence-electron chi connectivity index (χ2n) is 8.09. The first-order chi connectivity index (χ1) is 12.1. The van der Waals surface area contributed by atoms with E-state index in [2.05, 4.69) is 48.8 Å². The number of ether oxygens (including phenoxy) is 1. The van der Waals surface area contributed by atoms with E-state index in [0.29, 0.717) is 17.0 Å². The van der Waals surface area contributed by atoms with Crippen LogP contribution in [0.5, 0.6) is 5.88 Å². The minimum absolute atomic E-state index is 0.00391. The lowest BCUT2D eigenvalue weighted by Crippen LogP contribution is -2.44. The van der Waals surface area contributed by atoms with Gasteiger partial charge in [0.2, 0.25) is 5.88 Å². The Bertz CT molecular complexity index is 791. The smallest absolute Gasteiger partial charge is 0.252 e. The van der Waals surface area contributed by atoms with E-state index in [-0.39, 0.29) is 5.04 Å². The third-order valence-electron chi connectivity index (χ3n) is 5.27. The summed E-state index contributed by atoms with van der Waals surface area (Å²) < 4.78 is 13.4. The molecule has 0 aromatic carbocycles. The zero-order chi connectivity index (χ0) is 19.3. The molecule has 26 heavy (non-hydrogen) atoms. The van der Waals surface area contributed by atoms with Crippen molar-refractivity contribution in [3.63, 3.8) is 0 Å². The van der Waals surface area contributed by atoms with Gasteiger partial charge < -0.3 is 24.5 Å². The molecule has 0 spiro atoms. The van der Waals surface area contributed by atoms with Crippen molar-refractivity contribution in [2.45, 2.75) is 63.4 Å². The largest absolute Gasteiger partial charge is 0.529 e. The number of rotatable bonds is 4. The van der Waals surface area contributed by atoms with Gasteiger partial charge in [0.05, 0.1) is 12.9 Å². The number of nitrogens with zero attached hydrogens (tertiary/aromatic N) is 4. The molecule has 0 bridgehead atoms. The average Bonchev–Trinajstić information content (AvgIpc) is 3.09. The second kappa shape index (κ2) is 6.53. The number of aliphatic hydroxyl groups excluding tert-OH is 3. The van der Waals surface area contributed by atoms with Crippen LogP contribution in [0.25, 0.3) is 11.2 Å². The Morgan fingerprint density at radius 2 is 1.88 bits per heavy atom. The third kappa shape index (κ3) is 3.12. The molecule has 9 nitrogen and oxygen atoms in total. The van der Waals surface area contributed by atoms with E-state index in [1.54, 1.807) is 0 Å². The van der Waals surface area contributed by atoms with E-state index in [4.69, 9.17) is 9.16 Å². The molecule has 144 valence electrons. The minimum atomic E-state index is -2.12. The molecule has 3 N–H and O–H groups in total. The van der Waals surface area contributed by atoms with Gasteiger partial charge in [-0.15, -0.1) is 0 Å². The van der Waals surface area contributed by atoms with Crippen LogP contribution >= 0.6 is 0 Å². The molecule has 0 saturated carbocycles. The fourth-order valence-corrected chi connectivity index (χ4v) is 3.53. The second-order valence-corrected chi connectivity index (χ2v) is 12.8. The lowest BCUT2D eigenvalue weighted by Gasteiger charge is -2.35. The minimum Gasteiger partial charge on any atom is -0.529 e. The maximum atomic E-state index is 10.3. The Hall–Kier alpha value is -1.59. The lowest BCUT2D eigenvalue weighted by atomic mass is 10.1. The van der Waals surface area contributed by atoms with Gasteiger partial charge in [-0.05, 0) is 18.1 Å². The van der Waals surface area contributed by atoms with Crippen molar-refractivity contribution in [2.24, 2.45) is 0 Å². The highest BCUT2D eigenvalue weighted by molar-refractivity contribution is 6.74. The van der Waals surface area contributed by atoms with Crippen LogP contribution in [0, 0.1) is 0 Å². The molecule has 0 amide bonds. The highest BCUT2D eigenvalue weighted by Crippen LogP contribution is 2.38. The predicted molar refractivity (Wildman–Crippen MR) is 96.2 cm³/mol. The quantitative estimate of drug-likeness (QED) is 0.664. The molecule has 1 aliphatic heterocycles. The topological polar surface area (TPSA) is 123 Å². The SMILES string of the molecule is CC(C)(C)[Si](C)(C)Oc1ncnc2c1ncn2[C@@H]1O[C@H](CO)[C@@H](O)[C@H]1O. The van der Waals surface area contributed by atoms with E-state index >= 15 is 0 Å². The maximum Gasteiger partial charge on any atom is 0.252 e. The molecule has 0 radical (unpaired) electrons. The zero-order valence-electron chi connectivity index (χ0n) is 15.6. The third-order valence-corrected chi connectivity index (χ3v) is 9.59. The Morgan fingerprint density at radius 1 is 1.19 bits per heavy atom. The molecule has 3 heterocycles. The van der Waals surface area contributed by atoms with Gasteiger partial charge >= 0.3 is 0 Å². The van der Waals surface area contributed by atoms with Crippen LogP contribution in [-0.2, 0) is 4.74 Å². The molecule has 1 saturated heterocycles. The van der Waals surface area contributed by atoms with E-state index in [1.807, 2.05) is 0 Å². The van der Waals surface area contributed by atoms with Crippen molar-refractivity contribution in [2.75, 3.05) is 6.61 Å². The Morgan fingerprint density at radius 3 is 2.46 bits per heavy atom. The zero-order valence-corrected chi connectivity index (χ0v) is 16.6. The molecule has 10 heteroatoms. The molecule has 1 fully saturated rings. The summed E-state index contributed by atoms with van der Waals surface area (Å²) in [6, 6.07) is 0. The number of hydrogen-bond donors (Lipinski definition) is 3. The lowest BCUT2D eigenvalue weighted by molar-refractivity contribution is -0.0511. The van der Waals surface area contributed by atoms with Crippen molar-refractivity contribution in [1.29, 1.82) is 0 Å². The van der Waals surface area contributed by atoms with E-state index in [0.717, 1.165) is 0 Å². The number of fused-ring (bicyclic) bond motifs is 1. The first-order valence-electron chi connectivity index (χ1n) is 8.56. The summed E-state index contributed by atoms with van der Waals surface area (Å²) in [5.41, 5.74) is 0.901. The van der Waals surface area contributed by atoms with Crippen LogP contribution in [-0.4, -0.2) is 68.1 Å². The van der Waals surface area contributed by atoms with Gasteiger partial charge in [-0.3, -0.25) is 4.57 Å². The first-order valence-corrected chi connectivity index (χ1v) is 11.5. The standard InChI is InChI=1S/C16H26N4O5Si/c1-16(2,3)26(4,5)25-14-10-13(17-7-18-14)20(8-19-10)15-12(23)11(22)9(6-21)24-15/h7-9,11-12,15,21-23H,6H2,1-5H3/t9-,11-,12-,15-/m1/s1. The summed E-state index contributed by atoms with van der Waals surface area (Å²) in [6.45, 7) is 10.2. The molecular formula is C16H26N4O5Si. The monoisotopic (exact) mass is 382 g/mol. The van der Waals surface area contributed by atoms with Crippen LogP contribution in [0.3, 0.4) is 0 Å². The van der Waals surface area contributed by atoms with Gasteiger partial charge in [0.1, 0.15) is 24.6 Å². The molecule has 1 aliphatic rings. The average molecular weight is 382 g/mol. The summed E-state index contributed by atoms with van der Waals surface area (Å²) in [5, 5.41) is 29.5. The van der Waals surface area contributed by atoms with Crippen LogP contribution in [0.1, 0.15) is 27.0 Å². The highest BCUT2D eigenvalue weighted by Gasteiger charge is 2.44. The fourth-order valence-electron chi connectivity index (χ4n) is 2.60. The molecule has 2 aromatic rings. The Labute approximate surface area is 152 Å². The van der Waals surface area contributed by atoms with Gasteiger partial charge in [-0.1, -0.05) is 20.8 Å². The van der Waals surface area contributed by atoms with E-state index in [1.165, 1.54) is 17.2 Å². The van der Waals surface area contributed by atoms with Crippen molar-refractivity contribution in [1.82, 2.24) is 19.5 Å². The Balaban J connectivity index is 1.98. The predicted octanol–water partition coefficient (Wildman–Crippen LogP) is 0.822. The molecule has 0 unspecified atom stereocenters. The van der Waals surface area contributed by atoms with Gasteiger partial charge in [-0.2, -0.15) is 0 Å². The maximum absolute atomic E-state index is 10.3. The Kier molecular flexibility index (Phi) is 4.82. The van der Waals surface area contributed by atoms with Crippen LogP contribution in [0.15, 0.2) is 12.7 Å². The van der Waals surface area contributed by atoms with Gasteiger partial charge in [0, 0.05) is 0 Å². The van der Waals surface area contributed by atoms with Crippen LogP contribution in [0.4, 0.5) is 0 Å². The van der Waals surface area contributed by atoms with E-state index in [9.17, 15) is 15.3 Å². The number of aromatic nitrogens is 4. The normalized spacial score (nSPS) is 27.2. The van der Waals surface area contributed by atoms with Crippen molar-refractivity contribution < 1.29 is 24.5 Å². The summed E-state index contributed by atoms with van der Waals surface area (Å²) in [6.07, 6.45) is -1.31.